The fraction of sp³-hybridized carbons (Fsp3) is 0.238. The second-order valence-corrected chi connectivity index (χ2v) is 7.93. The lowest BCUT2D eigenvalue weighted by Gasteiger charge is -2.26. The summed E-state index contributed by atoms with van der Waals surface area (Å²) in [5, 5.41) is 2.58. The molecule has 0 unspecified atom stereocenters. The molecule has 0 spiro atoms. The van der Waals surface area contributed by atoms with Gasteiger partial charge in [0, 0.05) is 25.5 Å². The van der Waals surface area contributed by atoms with Crippen LogP contribution in [0.5, 0.6) is 0 Å². The molecule has 7 heteroatoms. The van der Waals surface area contributed by atoms with Gasteiger partial charge in [-0.15, -0.1) is 11.3 Å². The third kappa shape index (κ3) is 2.30. The summed E-state index contributed by atoms with van der Waals surface area (Å²) in [5.74, 6) is 0. The van der Waals surface area contributed by atoms with Crippen molar-refractivity contribution in [1.82, 2.24) is 13.7 Å². The molecule has 0 radical (unpaired) electrons. The van der Waals surface area contributed by atoms with Crippen molar-refractivity contribution in [3.05, 3.63) is 79.3 Å². The van der Waals surface area contributed by atoms with Crippen LogP contribution in [0.25, 0.3) is 22.2 Å². The quantitative estimate of drug-likeness (QED) is 0.526. The molecule has 3 aromatic heterocycles. The largest absolute Gasteiger partial charge is 0.364 e. The number of hydrogen-bond acceptors (Lipinski definition) is 4. The number of ether oxygens (including phenoxy) is 1. The number of benzene rings is 1. The van der Waals surface area contributed by atoms with Gasteiger partial charge >= 0.3 is 5.69 Å². The predicted molar refractivity (Wildman–Crippen MR) is 110 cm³/mol. The number of nitrogens with zero attached hydrogens (tertiary/aromatic N) is 3. The molecule has 142 valence electrons. The standard InChI is InChI=1S/C21H19N3O3S/c1-22-17-15(20(25)23(2)21(22)26)16(13-7-4-3-5-8-13)24-10-11-27-19(18(17)24)14-9-6-12-28-14/h3-9,12,19H,10-11H2,1-2H3/t19-/m1/s1. The van der Waals surface area contributed by atoms with E-state index in [4.69, 9.17) is 4.74 Å². The second kappa shape index (κ2) is 6.32. The van der Waals surface area contributed by atoms with Crippen molar-refractivity contribution in [3.63, 3.8) is 0 Å². The molecular weight excluding hydrogens is 374 g/mol. The Morgan fingerprint density at radius 2 is 1.82 bits per heavy atom. The number of hydrogen-bond donors (Lipinski definition) is 0. The second-order valence-electron chi connectivity index (χ2n) is 6.95. The Morgan fingerprint density at radius 1 is 1.04 bits per heavy atom. The maximum absolute atomic E-state index is 13.2. The summed E-state index contributed by atoms with van der Waals surface area (Å²) in [6, 6.07) is 13.9. The van der Waals surface area contributed by atoms with Crippen LogP contribution in [-0.4, -0.2) is 20.3 Å². The van der Waals surface area contributed by atoms with Crippen molar-refractivity contribution in [1.29, 1.82) is 0 Å². The van der Waals surface area contributed by atoms with Crippen LogP contribution in [0.15, 0.2) is 57.4 Å². The normalized spacial score (nSPS) is 16.4. The summed E-state index contributed by atoms with van der Waals surface area (Å²) in [6.45, 7) is 1.18. The Kier molecular flexibility index (Phi) is 3.89. The van der Waals surface area contributed by atoms with Crippen LogP contribution in [0, 0.1) is 0 Å². The molecule has 6 nitrogen and oxygen atoms in total. The first-order valence-corrected chi connectivity index (χ1v) is 10.00. The zero-order valence-corrected chi connectivity index (χ0v) is 16.4. The molecule has 5 rings (SSSR count). The highest BCUT2D eigenvalue weighted by Crippen LogP contribution is 2.41. The molecule has 4 aromatic rings. The van der Waals surface area contributed by atoms with Gasteiger partial charge in [-0.3, -0.25) is 13.9 Å². The van der Waals surface area contributed by atoms with Crippen molar-refractivity contribution in [2.24, 2.45) is 14.1 Å². The van der Waals surface area contributed by atoms with E-state index in [1.54, 1.807) is 23.0 Å². The Bertz CT molecular complexity index is 1300. The molecular formula is C21H19N3O3S. The van der Waals surface area contributed by atoms with E-state index in [0.717, 1.165) is 21.8 Å². The molecule has 0 amide bonds. The van der Waals surface area contributed by atoms with E-state index >= 15 is 0 Å². The molecule has 0 saturated carbocycles. The van der Waals surface area contributed by atoms with E-state index < -0.39 is 0 Å². The lowest BCUT2D eigenvalue weighted by Crippen LogP contribution is -2.37. The Balaban J connectivity index is 1.99. The number of aryl methyl sites for hydroxylation is 1. The first kappa shape index (κ1) is 17.2. The molecule has 0 N–H and O–H groups in total. The SMILES string of the molecule is Cn1c(=O)c2c(-c3ccccc3)n3c(c2n(C)c1=O)[C@@H](c1cccs1)OCC3. The van der Waals surface area contributed by atoms with Gasteiger partial charge in [0.2, 0.25) is 0 Å². The van der Waals surface area contributed by atoms with Crippen LogP contribution in [0.3, 0.4) is 0 Å². The fourth-order valence-electron chi connectivity index (χ4n) is 4.13. The minimum atomic E-state index is -0.332. The topological polar surface area (TPSA) is 58.2 Å². The van der Waals surface area contributed by atoms with E-state index in [0.29, 0.717) is 24.1 Å². The van der Waals surface area contributed by atoms with Gasteiger partial charge in [-0.25, -0.2) is 4.79 Å². The smallest absolute Gasteiger partial charge is 0.331 e. The number of fused-ring (bicyclic) bond motifs is 3. The molecule has 1 aliphatic heterocycles. The molecule has 1 aromatic carbocycles. The number of rotatable bonds is 2. The fourth-order valence-corrected chi connectivity index (χ4v) is 4.91. The van der Waals surface area contributed by atoms with Crippen LogP contribution < -0.4 is 11.2 Å². The van der Waals surface area contributed by atoms with E-state index in [1.807, 2.05) is 47.8 Å². The van der Waals surface area contributed by atoms with Crippen molar-refractivity contribution in [2.45, 2.75) is 12.6 Å². The maximum atomic E-state index is 13.2. The first-order chi connectivity index (χ1) is 13.6. The molecule has 0 aliphatic carbocycles. The maximum Gasteiger partial charge on any atom is 0.331 e. The predicted octanol–water partition coefficient (Wildman–Crippen LogP) is 2.89. The molecule has 0 saturated heterocycles. The van der Waals surface area contributed by atoms with E-state index in [1.165, 1.54) is 11.6 Å². The van der Waals surface area contributed by atoms with Crippen LogP contribution in [0.1, 0.15) is 16.7 Å². The van der Waals surface area contributed by atoms with Crippen LogP contribution in [-0.2, 0) is 25.4 Å². The van der Waals surface area contributed by atoms with Crippen molar-refractivity contribution >= 4 is 22.2 Å². The highest BCUT2D eigenvalue weighted by molar-refractivity contribution is 7.10. The van der Waals surface area contributed by atoms with Gasteiger partial charge in [-0.1, -0.05) is 36.4 Å². The Hall–Kier alpha value is -2.90. The van der Waals surface area contributed by atoms with Crippen molar-refractivity contribution in [2.75, 3.05) is 6.61 Å². The minimum absolute atomic E-state index is 0.274. The van der Waals surface area contributed by atoms with Gasteiger partial charge in [0.25, 0.3) is 5.56 Å². The van der Waals surface area contributed by atoms with Gasteiger partial charge < -0.3 is 9.30 Å². The first-order valence-electron chi connectivity index (χ1n) is 9.12. The number of thiophene rings is 1. The zero-order valence-electron chi connectivity index (χ0n) is 15.6. The molecule has 0 bridgehead atoms. The van der Waals surface area contributed by atoms with Gasteiger partial charge in [-0.2, -0.15) is 0 Å². The summed E-state index contributed by atoms with van der Waals surface area (Å²) in [5.41, 5.74) is 2.74. The lowest BCUT2D eigenvalue weighted by atomic mass is 10.1. The van der Waals surface area contributed by atoms with Crippen LogP contribution in [0.4, 0.5) is 0 Å². The highest BCUT2D eigenvalue weighted by Gasteiger charge is 2.33. The van der Waals surface area contributed by atoms with Gasteiger partial charge in [0.05, 0.1) is 28.9 Å². The third-order valence-electron chi connectivity index (χ3n) is 5.40. The van der Waals surface area contributed by atoms with Crippen molar-refractivity contribution < 1.29 is 4.74 Å². The zero-order chi connectivity index (χ0) is 19.4. The van der Waals surface area contributed by atoms with E-state index in [-0.39, 0.29) is 17.4 Å². The summed E-state index contributed by atoms with van der Waals surface area (Å²) < 4.78 is 11.1. The average Bonchev–Trinajstić information content (AvgIpc) is 3.37. The summed E-state index contributed by atoms with van der Waals surface area (Å²) >= 11 is 1.62. The summed E-state index contributed by atoms with van der Waals surface area (Å²) in [7, 11) is 3.25. The average molecular weight is 393 g/mol. The lowest BCUT2D eigenvalue weighted by molar-refractivity contribution is 0.0500. The minimum Gasteiger partial charge on any atom is -0.364 e. The molecule has 4 heterocycles. The van der Waals surface area contributed by atoms with Crippen molar-refractivity contribution in [3.8, 4) is 11.3 Å². The van der Waals surface area contributed by atoms with Gasteiger partial charge in [0.15, 0.2) is 0 Å². The van der Waals surface area contributed by atoms with Gasteiger partial charge in [0.1, 0.15) is 6.10 Å². The van der Waals surface area contributed by atoms with E-state index in [9.17, 15) is 9.59 Å². The summed E-state index contributed by atoms with van der Waals surface area (Å²) in [4.78, 5) is 27.0. The monoisotopic (exact) mass is 393 g/mol. The number of aromatic nitrogens is 3. The molecule has 0 fully saturated rings. The van der Waals surface area contributed by atoms with Gasteiger partial charge in [-0.05, 0) is 17.0 Å². The van der Waals surface area contributed by atoms with Crippen LogP contribution in [0.2, 0.25) is 0 Å². The third-order valence-corrected chi connectivity index (χ3v) is 6.32. The molecule has 1 atom stereocenters. The van der Waals surface area contributed by atoms with Crippen LogP contribution >= 0.6 is 11.3 Å². The Labute approximate surface area is 164 Å². The van der Waals surface area contributed by atoms with E-state index in [2.05, 4.69) is 4.57 Å². The molecule has 28 heavy (non-hydrogen) atoms. The highest BCUT2D eigenvalue weighted by atomic mass is 32.1. The molecule has 1 aliphatic rings. The Morgan fingerprint density at radius 3 is 2.54 bits per heavy atom. The summed E-state index contributed by atoms with van der Waals surface area (Å²) in [6.07, 6.45) is -0.300.